The van der Waals surface area contributed by atoms with Crippen LogP contribution in [-0.4, -0.2) is 11.5 Å². The van der Waals surface area contributed by atoms with Crippen molar-refractivity contribution in [3.05, 3.63) is 28.8 Å². The third-order valence-corrected chi connectivity index (χ3v) is 3.23. The number of hydrogen-bond donors (Lipinski definition) is 1. The molecular formula is C10H15OP. The van der Waals surface area contributed by atoms with Crippen LogP contribution in [0.4, 0.5) is 0 Å². The van der Waals surface area contributed by atoms with E-state index in [9.17, 15) is 0 Å². The van der Waals surface area contributed by atoms with Gasteiger partial charge in [-0.05, 0) is 37.2 Å². The van der Waals surface area contributed by atoms with Gasteiger partial charge in [-0.3, -0.25) is 0 Å². The van der Waals surface area contributed by atoms with Crippen LogP contribution >= 0.6 is 8.58 Å². The molecule has 0 radical (unpaired) electrons. The number of hydrogen-bond acceptors (Lipinski definition) is 1. The number of aryl methyl sites for hydroxylation is 3. The molecule has 0 aliphatic rings. The molecule has 0 aliphatic heterocycles. The molecule has 66 valence electrons. The van der Waals surface area contributed by atoms with Crippen molar-refractivity contribution in [2.75, 3.05) is 6.35 Å². The molecule has 0 amide bonds. The van der Waals surface area contributed by atoms with E-state index >= 15 is 0 Å². The molecule has 1 aromatic rings. The zero-order chi connectivity index (χ0) is 9.14. The van der Waals surface area contributed by atoms with E-state index in [2.05, 4.69) is 32.9 Å². The molecule has 1 unspecified atom stereocenters. The lowest BCUT2D eigenvalue weighted by Crippen LogP contribution is -2.06. The number of rotatable bonds is 2. The van der Waals surface area contributed by atoms with Gasteiger partial charge in [0, 0.05) is 0 Å². The average Bonchev–Trinajstić information content (AvgIpc) is 1.96. The molecule has 12 heavy (non-hydrogen) atoms. The quantitative estimate of drug-likeness (QED) is 0.692. The van der Waals surface area contributed by atoms with Crippen LogP contribution in [0.15, 0.2) is 12.1 Å². The van der Waals surface area contributed by atoms with Crippen molar-refractivity contribution in [2.45, 2.75) is 20.8 Å². The standard InChI is InChI=1S/C10H15OP/c1-7-4-8(2)10(12-6-11)9(3)5-7/h4-5,11-12H,6H2,1-3H3. The number of benzene rings is 1. The monoisotopic (exact) mass is 182 g/mol. The van der Waals surface area contributed by atoms with E-state index in [-0.39, 0.29) is 6.35 Å². The highest BCUT2D eigenvalue weighted by atomic mass is 31.1. The summed E-state index contributed by atoms with van der Waals surface area (Å²) >= 11 is 0. The molecule has 0 saturated heterocycles. The highest BCUT2D eigenvalue weighted by Crippen LogP contribution is 2.16. The Morgan fingerprint density at radius 2 is 1.67 bits per heavy atom. The SMILES string of the molecule is Cc1cc(C)c(PCO)c(C)c1. The topological polar surface area (TPSA) is 20.2 Å². The minimum atomic E-state index is 0.269. The predicted molar refractivity (Wildman–Crippen MR) is 55.7 cm³/mol. The normalized spacial score (nSPS) is 11.3. The van der Waals surface area contributed by atoms with Gasteiger partial charge in [0.15, 0.2) is 0 Å². The maximum absolute atomic E-state index is 8.85. The first-order valence-corrected chi connectivity index (χ1v) is 5.28. The van der Waals surface area contributed by atoms with Gasteiger partial charge in [-0.15, -0.1) is 0 Å². The molecule has 0 spiro atoms. The van der Waals surface area contributed by atoms with Crippen LogP contribution in [0.2, 0.25) is 0 Å². The highest BCUT2D eigenvalue weighted by molar-refractivity contribution is 7.47. The fraction of sp³-hybridized carbons (Fsp3) is 0.400. The summed E-state index contributed by atoms with van der Waals surface area (Å²) in [5, 5.41) is 10.2. The second kappa shape index (κ2) is 4.02. The first kappa shape index (κ1) is 9.70. The molecule has 1 N–H and O–H groups in total. The first-order chi connectivity index (χ1) is 5.65. The Balaban J connectivity index is 3.10. The van der Waals surface area contributed by atoms with E-state index in [4.69, 9.17) is 5.11 Å². The Hall–Kier alpha value is -0.390. The summed E-state index contributed by atoms with van der Waals surface area (Å²) in [6.45, 7) is 6.32. The van der Waals surface area contributed by atoms with Crippen LogP contribution in [0.1, 0.15) is 16.7 Å². The number of aliphatic hydroxyl groups excluding tert-OH is 1. The van der Waals surface area contributed by atoms with Crippen LogP contribution < -0.4 is 5.30 Å². The Kier molecular flexibility index (Phi) is 3.25. The van der Waals surface area contributed by atoms with Crippen molar-refractivity contribution in [2.24, 2.45) is 0 Å². The van der Waals surface area contributed by atoms with Gasteiger partial charge in [-0.1, -0.05) is 26.3 Å². The largest absolute Gasteiger partial charge is 0.392 e. The van der Waals surface area contributed by atoms with E-state index in [0.29, 0.717) is 8.58 Å². The molecular weight excluding hydrogens is 167 g/mol. The summed E-state index contributed by atoms with van der Waals surface area (Å²) in [6.07, 6.45) is 0.269. The average molecular weight is 182 g/mol. The van der Waals surface area contributed by atoms with E-state index < -0.39 is 0 Å². The molecule has 0 heterocycles. The lowest BCUT2D eigenvalue weighted by Gasteiger charge is -2.09. The van der Waals surface area contributed by atoms with Gasteiger partial charge >= 0.3 is 0 Å². The maximum atomic E-state index is 8.85. The van der Waals surface area contributed by atoms with Crippen molar-refractivity contribution < 1.29 is 5.11 Å². The van der Waals surface area contributed by atoms with E-state index in [0.717, 1.165) is 0 Å². The van der Waals surface area contributed by atoms with Crippen LogP contribution in [0.5, 0.6) is 0 Å². The molecule has 0 saturated carbocycles. The Morgan fingerprint density at radius 1 is 1.17 bits per heavy atom. The lowest BCUT2D eigenvalue weighted by atomic mass is 10.1. The van der Waals surface area contributed by atoms with Gasteiger partial charge in [-0.2, -0.15) is 0 Å². The second-order valence-corrected chi connectivity index (χ2v) is 4.28. The van der Waals surface area contributed by atoms with Gasteiger partial charge in [0.05, 0.1) is 6.35 Å². The van der Waals surface area contributed by atoms with Crippen LogP contribution in [0, 0.1) is 20.8 Å². The van der Waals surface area contributed by atoms with E-state index in [1.54, 1.807) is 0 Å². The Labute approximate surface area is 75.6 Å². The van der Waals surface area contributed by atoms with Gasteiger partial charge in [0.2, 0.25) is 0 Å². The summed E-state index contributed by atoms with van der Waals surface area (Å²) in [4.78, 5) is 0. The Morgan fingerprint density at radius 3 is 2.08 bits per heavy atom. The highest BCUT2D eigenvalue weighted by Gasteiger charge is 2.01. The van der Waals surface area contributed by atoms with Gasteiger partial charge in [0.25, 0.3) is 0 Å². The van der Waals surface area contributed by atoms with Crippen molar-refractivity contribution in [1.82, 2.24) is 0 Å². The smallest absolute Gasteiger partial charge is 0.0638 e. The fourth-order valence-corrected chi connectivity index (χ4v) is 2.40. The zero-order valence-corrected chi connectivity index (χ0v) is 8.81. The molecule has 2 heteroatoms. The van der Waals surface area contributed by atoms with Crippen LogP contribution in [-0.2, 0) is 0 Å². The summed E-state index contributed by atoms with van der Waals surface area (Å²) in [7, 11) is 0.537. The molecule has 0 aliphatic carbocycles. The van der Waals surface area contributed by atoms with Crippen molar-refractivity contribution in [3.8, 4) is 0 Å². The number of aliphatic hydroxyl groups is 1. The molecule has 0 bridgehead atoms. The first-order valence-electron chi connectivity index (χ1n) is 4.07. The Bertz CT molecular complexity index is 258. The van der Waals surface area contributed by atoms with Crippen molar-refractivity contribution >= 4 is 13.9 Å². The van der Waals surface area contributed by atoms with Crippen molar-refractivity contribution in [1.29, 1.82) is 0 Å². The lowest BCUT2D eigenvalue weighted by molar-refractivity contribution is 0.373. The van der Waals surface area contributed by atoms with Crippen LogP contribution in [0.25, 0.3) is 0 Å². The van der Waals surface area contributed by atoms with Gasteiger partial charge < -0.3 is 5.11 Å². The third-order valence-electron chi connectivity index (χ3n) is 1.93. The molecule has 1 atom stereocenters. The summed E-state index contributed by atoms with van der Waals surface area (Å²) < 4.78 is 0. The zero-order valence-electron chi connectivity index (χ0n) is 7.81. The van der Waals surface area contributed by atoms with E-state index in [1.165, 1.54) is 22.0 Å². The fourth-order valence-electron chi connectivity index (χ4n) is 1.54. The van der Waals surface area contributed by atoms with Crippen molar-refractivity contribution in [3.63, 3.8) is 0 Å². The minimum absolute atomic E-state index is 0.269. The molecule has 1 nitrogen and oxygen atoms in total. The maximum Gasteiger partial charge on any atom is 0.0638 e. The van der Waals surface area contributed by atoms with Crippen LogP contribution in [0.3, 0.4) is 0 Å². The molecule has 0 fully saturated rings. The van der Waals surface area contributed by atoms with Gasteiger partial charge in [0.1, 0.15) is 0 Å². The molecule has 1 rings (SSSR count). The molecule has 1 aromatic carbocycles. The second-order valence-electron chi connectivity index (χ2n) is 3.11. The summed E-state index contributed by atoms with van der Waals surface area (Å²) in [5.74, 6) is 0. The third kappa shape index (κ3) is 2.06. The van der Waals surface area contributed by atoms with E-state index in [1.807, 2.05) is 0 Å². The summed E-state index contributed by atoms with van der Waals surface area (Å²) in [5.41, 5.74) is 3.91. The molecule has 0 aromatic heterocycles. The summed E-state index contributed by atoms with van der Waals surface area (Å²) in [6, 6.07) is 4.34. The predicted octanol–water partition coefficient (Wildman–Crippen LogP) is 1.87. The van der Waals surface area contributed by atoms with Gasteiger partial charge in [-0.25, -0.2) is 0 Å². The minimum Gasteiger partial charge on any atom is -0.392 e.